The van der Waals surface area contributed by atoms with Gasteiger partial charge >= 0.3 is 5.97 Å². The van der Waals surface area contributed by atoms with Crippen molar-refractivity contribution in [3.05, 3.63) is 11.6 Å². The van der Waals surface area contributed by atoms with Gasteiger partial charge in [0.1, 0.15) is 0 Å². The monoisotopic (exact) mass is 457 g/mol. The molecular weight excluding hydrogens is 406 g/mol. The van der Waals surface area contributed by atoms with Crippen molar-refractivity contribution in [2.24, 2.45) is 62.9 Å². The fourth-order valence-electron chi connectivity index (χ4n) is 10.2. The van der Waals surface area contributed by atoms with Crippen molar-refractivity contribution in [2.45, 2.75) is 106 Å². The number of carboxylic acid groups (broad SMARTS) is 1. The van der Waals surface area contributed by atoms with E-state index in [1.165, 1.54) is 24.8 Å². The van der Waals surface area contributed by atoms with Gasteiger partial charge in [-0.1, -0.05) is 60.1 Å². The van der Waals surface area contributed by atoms with Crippen LogP contribution in [-0.2, 0) is 4.79 Å². The number of carbonyl (C=O) groups is 1. The highest BCUT2D eigenvalue weighted by atomic mass is 16.4. The lowest BCUT2D eigenvalue weighted by atomic mass is 9.35. The zero-order valence-corrected chi connectivity index (χ0v) is 22.5. The summed E-state index contributed by atoms with van der Waals surface area (Å²) < 4.78 is 0. The van der Waals surface area contributed by atoms with E-state index in [9.17, 15) is 9.90 Å². The molecule has 3 fully saturated rings. The third kappa shape index (κ3) is 3.34. The van der Waals surface area contributed by atoms with Crippen molar-refractivity contribution in [1.29, 1.82) is 0 Å². The van der Waals surface area contributed by atoms with Crippen LogP contribution in [0.3, 0.4) is 0 Å². The summed E-state index contributed by atoms with van der Waals surface area (Å²) in [6.07, 6.45) is 12.4. The fraction of sp³-hybridized carbons (Fsp3) is 0.900. The molecule has 0 spiro atoms. The number of nitrogens with two attached hydrogens (primary N) is 1. The van der Waals surface area contributed by atoms with Crippen LogP contribution in [0.4, 0.5) is 0 Å². The van der Waals surface area contributed by atoms with Gasteiger partial charge in [0.2, 0.25) is 0 Å². The molecule has 3 nitrogen and oxygen atoms in total. The van der Waals surface area contributed by atoms with Gasteiger partial charge in [-0.3, -0.25) is 4.79 Å². The maximum absolute atomic E-state index is 12.8. The van der Waals surface area contributed by atoms with Gasteiger partial charge < -0.3 is 10.8 Å². The molecule has 0 bridgehead atoms. The Morgan fingerprint density at radius 1 is 1.12 bits per heavy atom. The van der Waals surface area contributed by atoms with E-state index in [0.717, 1.165) is 51.0 Å². The highest BCUT2D eigenvalue weighted by molar-refractivity contribution is 5.76. The molecule has 1 unspecified atom stereocenters. The zero-order chi connectivity index (χ0) is 24.4. The van der Waals surface area contributed by atoms with E-state index >= 15 is 0 Å². The third-order valence-electron chi connectivity index (χ3n) is 12.5. The predicted octanol–water partition coefficient (Wildman–Crippen LogP) is 7.30. The molecule has 4 aliphatic rings. The number of aliphatic carboxylic acids is 1. The summed E-state index contributed by atoms with van der Waals surface area (Å²) in [4.78, 5) is 12.8. The van der Waals surface area contributed by atoms with Gasteiger partial charge in [-0.25, -0.2) is 0 Å². The molecule has 0 aromatic rings. The van der Waals surface area contributed by atoms with Gasteiger partial charge in [0, 0.05) is 0 Å². The number of rotatable bonds is 5. The van der Waals surface area contributed by atoms with Crippen molar-refractivity contribution in [2.75, 3.05) is 6.54 Å². The number of allylic oxidation sites excluding steroid dienone is 2. The number of fused-ring (bicyclic) bond motifs is 5. The lowest BCUT2D eigenvalue weighted by molar-refractivity contribution is -0.177. The second-order valence-corrected chi connectivity index (χ2v) is 13.8. The molecule has 33 heavy (non-hydrogen) atoms. The Morgan fingerprint density at radius 2 is 1.82 bits per heavy atom. The van der Waals surface area contributed by atoms with Crippen LogP contribution < -0.4 is 5.73 Å². The average Bonchev–Trinajstić information content (AvgIpc) is 2.75. The van der Waals surface area contributed by atoms with Gasteiger partial charge in [-0.2, -0.15) is 0 Å². The molecule has 0 radical (unpaired) electrons. The molecule has 3 saturated carbocycles. The Kier molecular flexibility index (Phi) is 6.42. The van der Waals surface area contributed by atoms with E-state index in [-0.39, 0.29) is 16.7 Å². The molecule has 0 aromatic carbocycles. The molecule has 0 aliphatic heterocycles. The molecular formula is C30H51NO2. The van der Waals surface area contributed by atoms with E-state index in [0.29, 0.717) is 29.1 Å². The Bertz CT molecular complexity index is 803. The number of carboxylic acids is 1. The smallest absolute Gasteiger partial charge is 0.310 e. The first-order chi connectivity index (χ1) is 15.4. The Labute approximate surface area is 203 Å². The Hall–Kier alpha value is -0.830. The van der Waals surface area contributed by atoms with Crippen molar-refractivity contribution >= 4 is 5.97 Å². The Balaban J connectivity index is 1.83. The first-order valence-electron chi connectivity index (χ1n) is 14.0. The highest BCUT2D eigenvalue weighted by Crippen LogP contribution is 2.74. The van der Waals surface area contributed by atoms with Crippen molar-refractivity contribution in [3.8, 4) is 0 Å². The molecule has 0 heterocycles. The summed E-state index contributed by atoms with van der Waals surface area (Å²) in [6.45, 7) is 18.1. The summed E-state index contributed by atoms with van der Waals surface area (Å²) >= 11 is 0. The largest absolute Gasteiger partial charge is 0.481 e. The van der Waals surface area contributed by atoms with E-state index in [1.807, 2.05) is 0 Å². The normalized spacial score (nSPS) is 49.6. The Morgan fingerprint density at radius 3 is 2.42 bits per heavy atom. The van der Waals surface area contributed by atoms with Gasteiger partial charge in [-0.15, -0.1) is 0 Å². The molecule has 3 heteroatoms. The predicted molar refractivity (Wildman–Crippen MR) is 137 cm³/mol. The SMILES string of the molecule is CC(C)[C@@H]1CC[C@]2(C)[C@H](CC=C3C4[C@@H](C)[C@H](C)CC[C@]4(C(=O)O)CC[C@]32C)[C@@]1(C)CCCN. The summed E-state index contributed by atoms with van der Waals surface area (Å²) in [7, 11) is 0. The first-order valence-corrected chi connectivity index (χ1v) is 14.0. The standard InChI is InChI=1S/C30H51NO2/c1-19(2)22-12-14-29(7)24(27(22,5)13-8-18-31)10-9-23-25-21(4)20(3)11-15-30(25,26(32)33)17-16-28(23,29)6/h9,19-22,24-25H,8,10-18,31H2,1-7H3,(H,32,33)/t20-,21+,22+,24-,25?,27+,28-,29-,30+/m1/s1. The molecule has 188 valence electrons. The quantitative estimate of drug-likeness (QED) is 0.426. The second-order valence-electron chi connectivity index (χ2n) is 13.8. The van der Waals surface area contributed by atoms with Crippen LogP contribution in [0.15, 0.2) is 11.6 Å². The van der Waals surface area contributed by atoms with Gasteiger partial charge in [0.15, 0.2) is 0 Å². The van der Waals surface area contributed by atoms with E-state index in [1.54, 1.807) is 0 Å². The van der Waals surface area contributed by atoms with E-state index in [2.05, 4.69) is 54.5 Å². The molecule has 9 atom stereocenters. The lowest BCUT2D eigenvalue weighted by Crippen LogP contribution is -2.63. The maximum Gasteiger partial charge on any atom is 0.310 e. The van der Waals surface area contributed by atoms with E-state index < -0.39 is 11.4 Å². The number of hydrogen-bond acceptors (Lipinski definition) is 2. The molecule has 0 aromatic heterocycles. The van der Waals surface area contributed by atoms with Crippen LogP contribution in [0, 0.1) is 57.2 Å². The van der Waals surface area contributed by atoms with Gasteiger partial charge in [-0.05, 0) is 116 Å². The van der Waals surface area contributed by atoms with Crippen LogP contribution in [0.25, 0.3) is 0 Å². The van der Waals surface area contributed by atoms with Crippen LogP contribution >= 0.6 is 0 Å². The minimum atomic E-state index is -0.543. The summed E-state index contributed by atoms with van der Waals surface area (Å²) in [5.41, 5.74) is 7.68. The van der Waals surface area contributed by atoms with Crippen LogP contribution in [-0.4, -0.2) is 17.6 Å². The highest BCUT2D eigenvalue weighted by Gasteiger charge is 2.67. The molecule has 4 rings (SSSR count). The zero-order valence-electron chi connectivity index (χ0n) is 22.5. The fourth-order valence-corrected chi connectivity index (χ4v) is 10.2. The van der Waals surface area contributed by atoms with Gasteiger partial charge in [0.05, 0.1) is 5.41 Å². The third-order valence-corrected chi connectivity index (χ3v) is 12.5. The molecule has 4 aliphatic carbocycles. The van der Waals surface area contributed by atoms with Gasteiger partial charge in [0.25, 0.3) is 0 Å². The topological polar surface area (TPSA) is 63.3 Å². The molecule has 0 saturated heterocycles. The molecule has 0 amide bonds. The second kappa shape index (κ2) is 8.38. The first kappa shape index (κ1) is 25.3. The average molecular weight is 458 g/mol. The summed E-state index contributed by atoms with van der Waals surface area (Å²) in [5.74, 6) is 2.81. The minimum absolute atomic E-state index is 0.108. The minimum Gasteiger partial charge on any atom is -0.481 e. The van der Waals surface area contributed by atoms with Crippen molar-refractivity contribution in [3.63, 3.8) is 0 Å². The summed E-state index contributed by atoms with van der Waals surface area (Å²) in [5, 5.41) is 10.5. The molecule has 3 N–H and O–H groups in total. The van der Waals surface area contributed by atoms with E-state index in [4.69, 9.17) is 5.73 Å². The number of hydrogen-bond donors (Lipinski definition) is 2. The lowest BCUT2D eigenvalue weighted by Gasteiger charge is -2.69. The maximum atomic E-state index is 12.8. The van der Waals surface area contributed by atoms with Crippen LogP contribution in [0.5, 0.6) is 0 Å². The van der Waals surface area contributed by atoms with Crippen molar-refractivity contribution in [1.82, 2.24) is 0 Å². The van der Waals surface area contributed by atoms with Crippen LogP contribution in [0.1, 0.15) is 106 Å². The summed E-state index contributed by atoms with van der Waals surface area (Å²) in [6, 6.07) is 0. The van der Waals surface area contributed by atoms with Crippen molar-refractivity contribution < 1.29 is 9.90 Å². The van der Waals surface area contributed by atoms with Crippen LogP contribution in [0.2, 0.25) is 0 Å².